The molecule has 19 heavy (non-hydrogen) atoms. The van der Waals surface area contributed by atoms with E-state index in [1.165, 1.54) is 5.56 Å². The smallest absolute Gasteiger partial charge is 0.119 e. The zero-order valence-electron chi connectivity index (χ0n) is 11.5. The largest absolute Gasteiger partial charge is 0.492 e. The zero-order chi connectivity index (χ0) is 13.5. The Hall–Kier alpha value is -1.81. The third-order valence-electron chi connectivity index (χ3n) is 2.79. The maximum Gasteiger partial charge on any atom is 0.119 e. The summed E-state index contributed by atoms with van der Waals surface area (Å²) in [4.78, 5) is 0. The van der Waals surface area contributed by atoms with Crippen LogP contribution in [0, 0.1) is 0 Å². The first-order valence-electron chi connectivity index (χ1n) is 6.66. The second-order valence-corrected chi connectivity index (χ2v) is 4.80. The Labute approximate surface area is 114 Å². The maximum atomic E-state index is 5.68. The van der Waals surface area contributed by atoms with Crippen molar-refractivity contribution < 1.29 is 4.74 Å². The fraction of sp³-hybridized carbons (Fsp3) is 0.400. The molecular formula is C15H21N3O. The van der Waals surface area contributed by atoms with Gasteiger partial charge in [-0.2, -0.15) is 5.10 Å². The van der Waals surface area contributed by atoms with Crippen LogP contribution in [-0.4, -0.2) is 22.4 Å². The van der Waals surface area contributed by atoms with Gasteiger partial charge in [0.05, 0.1) is 6.54 Å². The quantitative estimate of drug-likeness (QED) is 0.830. The first-order valence-corrected chi connectivity index (χ1v) is 6.66. The lowest BCUT2D eigenvalue weighted by molar-refractivity contribution is 0.291. The van der Waals surface area contributed by atoms with E-state index in [4.69, 9.17) is 4.74 Å². The van der Waals surface area contributed by atoms with E-state index in [1.807, 2.05) is 29.1 Å². The standard InChI is InChI=1S/C15H21N3O/c1-13(2)16-12-14-4-6-15(7-5-14)19-11-10-18-9-3-8-17-18/h3-9,13,16H,10-12H2,1-2H3. The average molecular weight is 259 g/mol. The van der Waals surface area contributed by atoms with Crippen LogP contribution < -0.4 is 10.1 Å². The summed E-state index contributed by atoms with van der Waals surface area (Å²) in [6, 6.07) is 10.6. The second kappa shape index (κ2) is 6.95. The molecule has 2 rings (SSSR count). The molecule has 0 radical (unpaired) electrons. The molecule has 4 heteroatoms. The van der Waals surface area contributed by atoms with Crippen molar-refractivity contribution in [3.8, 4) is 5.75 Å². The van der Waals surface area contributed by atoms with Crippen LogP contribution in [0.2, 0.25) is 0 Å². The minimum atomic E-state index is 0.505. The Morgan fingerprint density at radius 1 is 1.26 bits per heavy atom. The van der Waals surface area contributed by atoms with Crippen LogP contribution in [0.1, 0.15) is 19.4 Å². The number of nitrogens with one attached hydrogen (secondary N) is 1. The first-order chi connectivity index (χ1) is 9.24. The van der Waals surface area contributed by atoms with Crippen molar-refractivity contribution in [3.05, 3.63) is 48.3 Å². The molecule has 102 valence electrons. The Balaban J connectivity index is 1.75. The van der Waals surface area contributed by atoms with Crippen molar-refractivity contribution in [2.45, 2.75) is 33.0 Å². The van der Waals surface area contributed by atoms with Gasteiger partial charge in [-0.05, 0) is 23.8 Å². The lowest BCUT2D eigenvalue weighted by Crippen LogP contribution is -2.21. The summed E-state index contributed by atoms with van der Waals surface area (Å²) in [5.41, 5.74) is 1.27. The van der Waals surface area contributed by atoms with Gasteiger partial charge in [0, 0.05) is 25.0 Å². The molecule has 1 N–H and O–H groups in total. The fourth-order valence-corrected chi connectivity index (χ4v) is 1.72. The van der Waals surface area contributed by atoms with Crippen molar-refractivity contribution >= 4 is 0 Å². The van der Waals surface area contributed by atoms with Crippen molar-refractivity contribution in [1.29, 1.82) is 0 Å². The number of hydrogen-bond donors (Lipinski definition) is 1. The Kier molecular flexibility index (Phi) is 4.98. The first kappa shape index (κ1) is 13.6. The number of ether oxygens (including phenoxy) is 1. The summed E-state index contributed by atoms with van der Waals surface area (Å²) in [7, 11) is 0. The molecule has 0 aliphatic rings. The lowest BCUT2D eigenvalue weighted by Gasteiger charge is -2.09. The summed E-state index contributed by atoms with van der Waals surface area (Å²) in [6.45, 7) is 6.58. The van der Waals surface area contributed by atoms with Crippen LogP contribution in [0.25, 0.3) is 0 Å². The number of rotatable bonds is 7. The van der Waals surface area contributed by atoms with Crippen LogP contribution in [0.4, 0.5) is 0 Å². The van der Waals surface area contributed by atoms with Gasteiger partial charge in [0.15, 0.2) is 0 Å². The van der Waals surface area contributed by atoms with E-state index >= 15 is 0 Å². The van der Waals surface area contributed by atoms with Crippen molar-refractivity contribution in [2.24, 2.45) is 0 Å². The van der Waals surface area contributed by atoms with Gasteiger partial charge in [-0.25, -0.2) is 0 Å². The van der Waals surface area contributed by atoms with Crippen molar-refractivity contribution in [3.63, 3.8) is 0 Å². The molecule has 0 aliphatic carbocycles. The molecular weight excluding hydrogens is 238 g/mol. The fourth-order valence-electron chi connectivity index (χ4n) is 1.72. The van der Waals surface area contributed by atoms with Crippen molar-refractivity contribution in [1.82, 2.24) is 15.1 Å². The maximum absolute atomic E-state index is 5.68. The molecule has 0 saturated carbocycles. The van der Waals surface area contributed by atoms with Gasteiger partial charge in [0.1, 0.15) is 12.4 Å². The van der Waals surface area contributed by atoms with Gasteiger partial charge in [-0.1, -0.05) is 26.0 Å². The summed E-state index contributed by atoms with van der Waals surface area (Å²) in [5.74, 6) is 0.903. The molecule has 0 atom stereocenters. The lowest BCUT2D eigenvalue weighted by atomic mass is 10.2. The SMILES string of the molecule is CC(C)NCc1ccc(OCCn2cccn2)cc1. The van der Waals surface area contributed by atoms with Crippen LogP contribution in [-0.2, 0) is 13.1 Å². The zero-order valence-corrected chi connectivity index (χ0v) is 11.5. The molecule has 2 aromatic rings. The summed E-state index contributed by atoms with van der Waals surface area (Å²) in [5, 5.41) is 7.52. The molecule has 0 aliphatic heterocycles. The molecule has 1 heterocycles. The van der Waals surface area contributed by atoms with E-state index in [9.17, 15) is 0 Å². The minimum absolute atomic E-state index is 0.505. The van der Waals surface area contributed by atoms with E-state index in [0.717, 1.165) is 18.8 Å². The topological polar surface area (TPSA) is 39.1 Å². The van der Waals surface area contributed by atoms with E-state index in [2.05, 4.69) is 36.4 Å². The van der Waals surface area contributed by atoms with Gasteiger partial charge >= 0.3 is 0 Å². The van der Waals surface area contributed by atoms with E-state index in [1.54, 1.807) is 6.20 Å². The highest BCUT2D eigenvalue weighted by molar-refractivity contribution is 5.27. The van der Waals surface area contributed by atoms with Crippen LogP contribution in [0.5, 0.6) is 5.75 Å². The van der Waals surface area contributed by atoms with E-state index in [0.29, 0.717) is 12.6 Å². The normalized spacial score (nSPS) is 10.9. The van der Waals surface area contributed by atoms with Gasteiger partial charge in [-0.3, -0.25) is 4.68 Å². The van der Waals surface area contributed by atoms with E-state index in [-0.39, 0.29) is 0 Å². The van der Waals surface area contributed by atoms with Gasteiger partial charge in [0.25, 0.3) is 0 Å². The van der Waals surface area contributed by atoms with Gasteiger partial charge in [0.2, 0.25) is 0 Å². The third-order valence-corrected chi connectivity index (χ3v) is 2.79. The summed E-state index contributed by atoms with van der Waals surface area (Å²) >= 11 is 0. The van der Waals surface area contributed by atoms with Gasteiger partial charge < -0.3 is 10.1 Å². The average Bonchev–Trinajstić information content (AvgIpc) is 2.91. The highest BCUT2D eigenvalue weighted by Crippen LogP contribution is 2.12. The van der Waals surface area contributed by atoms with Crippen LogP contribution in [0.15, 0.2) is 42.7 Å². The molecule has 0 unspecified atom stereocenters. The molecule has 0 bridgehead atoms. The number of benzene rings is 1. The molecule has 4 nitrogen and oxygen atoms in total. The molecule has 0 fully saturated rings. The molecule has 1 aromatic heterocycles. The summed E-state index contributed by atoms with van der Waals surface area (Å²) < 4.78 is 7.54. The number of aromatic nitrogens is 2. The molecule has 1 aromatic carbocycles. The monoisotopic (exact) mass is 259 g/mol. The van der Waals surface area contributed by atoms with E-state index < -0.39 is 0 Å². The van der Waals surface area contributed by atoms with Crippen LogP contribution >= 0.6 is 0 Å². The Morgan fingerprint density at radius 2 is 2.05 bits per heavy atom. The number of hydrogen-bond acceptors (Lipinski definition) is 3. The highest BCUT2D eigenvalue weighted by Gasteiger charge is 1.98. The minimum Gasteiger partial charge on any atom is -0.492 e. The second-order valence-electron chi connectivity index (χ2n) is 4.80. The van der Waals surface area contributed by atoms with Gasteiger partial charge in [-0.15, -0.1) is 0 Å². The molecule has 0 saturated heterocycles. The third kappa shape index (κ3) is 4.75. The van der Waals surface area contributed by atoms with Crippen molar-refractivity contribution in [2.75, 3.05) is 6.61 Å². The van der Waals surface area contributed by atoms with Crippen LogP contribution in [0.3, 0.4) is 0 Å². The highest BCUT2D eigenvalue weighted by atomic mass is 16.5. The Bertz CT molecular complexity index is 463. The summed E-state index contributed by atoms with van der Waals surface area (Å²) in [6.07, 6.45) is 3.71. The molecule has 0 spiro atoms. The predicted octanol–water partition coefficient (Wildman–Crippen LogP) is 2.46. The predicted molar refractivity (Wildman–Crippen MR) is 76.1 cm³/mol. The Morgan fingerprint density at radius 3 is 2.68 bits per heavy atom. The molecule has 0 amide bonds. The number of nitrogens with zero attached hydrogens (tertiary/aromatic N) is 2.